The maximum Gasteiger partial charge on any atom is 0.417 e. The van der Waals surface area contributed by atoms with Crippen LogP contribution in [0.3, 0.4) is 0 Å². The molecule has 1 N–H and O–H groups in total. The molecule has 0 aliphatic carbocycles. The van der Waals surface area contributed by atoms with Crippen molar-refractivity contribution in [2.45, 2.75) is 6.18 Å². The Hall–Kier alpha value is -2.33. The van der Waals surface area contributed by atoms with Crippen molar-refractivity contribution >= 4 is 45.2 Å². The fourth-order valence-electron chi connectivity index (χ4n) is 1.85. The van der Waals surface area contributed by atoms with E-state index in [0.717, 1.165) is 0 Å². The number of aromatic nitrogens is 1. The number of hydrogen-bond donors (Lipinski definition) is 1. The quantitative estimate of drug-likeness (QED) is 0.663. The second-order valence-corrected chi connectivity index (χ2v) is 6.28. The molecule has 2 rings (SSSR count). The number of ether oxygens (including phenoxy) is 2. The van der Waals surface area contributed by atoms with E-state index in [1.54, 1.807) is 12.1 Å². The second-order valence-electron chi connectivity index (χ2n) is 5.02. The monoisotopic (exact) mass is 466 g/mol. The van der Waals surface area contributed by atoms with Gasteiger partial charge in [-0.15, -0.1) is 0 Å². The number of pyridine rings is 1. The molecule has 0 bridgehead atoms. The third-order valence-electron chi connectivity index (χ3n) is 3.15. The van der Waals surface area contributed by atoms with Gasteiger partial charge in [0.25, 0.3) is 5.91 Å². The summed E-state index contributed by atoms with van der Waals surface area (Å²) in [6.45, 7) is -0.693. The number of rotatable bonds is 5. The zero-order valence-corrected chi connectivity index (χ0v) is 15.9. The smallest absolute Gasteiger partial charge is 0.417 e. The van der Waals surface area contributed by atoms with Crippen molar-refractivity contribution in [3.05, 3.63) is 51.1 Å². The number of halogens is 5. The van der Waals surface area contributed by atoms with E-state index in [-0.39, 0.29) is 11.4 Å². The first-order valence-electron chi connectivity index (χ1n) is 7.15. The summed E-state index contributed by atoms with van der Waals surface area (Å²) in [5.41, 5.74) is -0.923. The molecule has 0 fully saturated rings. The first kappa shape index (κ1) is 21.0. The lowest BCUT2D eigenvalue weighted by Crippen LogP contribution is -2.22. The minimum Gasteiger partial charge on any atom is -0.497 e. The Kier molecular flexibility index (Phi) is 6.66. The van der Waals surface area contributed by atoms with Crippen LogP contribution in [0.25, 0.3) is 0 Å². The summed E-state index contributed by atoms with van der Waals surface area (Å²) >= 11 is 8.86. The van der Waals surface area contributed by atoms with Crippen LogP contribution in [0, 0.1) is 0 Å². The summed E-state index contributed by atoms with van der Waals surface area (Å²) in [5.74, 6) is -1.50. The van der Waals surface area contributed by atoms with Gasteiger partial charge in [-0.25, -0.2) is 9.78 Å². The van der Waals surface area contributed by atoms with E-state index in [0.29, 0.717) is 22.5 Å². The highest BCUT2D eigenvalue weighted by atomic mass is 79.9. The molecule has 0 spiro atoms. The highest BCUT2D eigenvalue weighted by molar-refractivity contribution is 9.10. The molecule has 0 saturated carbocycles. The highest BCUT2D eigenvalue weighted by Gasteiger charge is 2.31. The van der Waals surface area contributed by atoms with E-state index in [2.05, 4.69) is 26.2 Å². The van der Waals surface area contributed by atoms with Crippen molar-refractivity contribution in [2.75, 3.05) is 19.0 Å². The first-order valence-corrected chi connectivity index (χ1v) is 8.32. The summed E-state index contributed by atoms with van der Waals surface area (Å²) in [4.78, 5) is 27.4. The third kappa shape index (κ3) is 5.57. The molecule has 6 nitrogen and oxygen atoms in total. The van der Waals surface area contributed by atoms with Crippen molar-refractivity contribution < 1.29 is 32.2 Å². The molecular formula is C16H11BrClF3N2O4. The third-order valence-corrected chi connectivity index (χ3v) is 4.13. The van der Waals surface area contributed by atoms with Crippen molar-refractivity contribution in [3.8, 4) is 5.75 Å². The van der Waals surface area contributed by atoms with E-state index < -0.39 is 35.2 Å². The number of nitrogens with one attached hydrogen (secondary N) is 1. The molecule has 1 aromatic heterocycles. The van der Waals surface area contributed by atoms with Gasteiger partial charge < -0.3 is 14.8 Å². The van der Waals surface area contributed by atoms with Crippen LogP contribution in [0.5, 0.6) is 5.75 Å². The molecule has 144 valence electrons. The molecule has 11 heteroatoms. The molecular weight excluding hydrogens is 457 g/mol. The summed E-state index contributed by atoms with van der Waals surface area (Å²) in [6.07, 6.45) is -4.08. The Bertz CT molecular complexity index is 877. The van der Waals surface area contributed by atoms with Crippen LogP contribution in [-0.2, 0) is 15.7 Å². The Morgan fingerprint density at radius 3 is 2.59 bits per heavy atom. The van der Waals surface area contributed by atoms with Crippen molar-refractivity contribution in [3.63, 3.8) is 0 Å². The van der Waals surface area contributed by atoms with Gasteiger partial charge in [0.15, 0.2) is 12.4 Å². The van der Waals surface area contributed by atoms with Gasteiger partial charge in [-0.3, -0.25) is 4.79 Å². The zero-order valence-electron chi connectivity index (χ0n) is 13.6. The van der Waals surface area contributed by atoms with Crippen LogP contribution in [-0.4, -0.2) is 30.6 Å². The van der Waals surface area contributed by atoms with Gasteiger partial charge in [0, 0.05) is 10.7 Å². The number of esters is 1. The van der Waals surface area contributed by atoms with Gasteiger partial charge in [0.2, 0.25) is 0 Å². The summed E-state index contributed by atoms with van der Waals surface area (Å²) in [5, 5.41) is 1.77. The van der Waals surface area contributed by atoms with E-state index in [1.165, 1.54) is 13.2 Å². The van der Waals surface area contributed by atoms with E-state index in [4.69, 9.17) is 21.1 Å². The average Bonchev–Trinajstić information content (AvgIpc) is 2.61. The molecule has 0 atom stereocenters. The number of carbonyl (C=O) groups is 2. The van der Waals surface area contributed by atoms with Gasteiger partial charge in [-0.2, -0.15) is 13.2 Å². The molecule has 1 heterocycles. The Morgan fingerprint density at radius 2 is 2.00 bits per heavy atom. The molecule has 1 aromatic carbocycles. The topological polar surface area (TPSA) is 77.5 Å². The molecule has 1 amide bonds. The maximum absolute atomic E-state index is 12.6. The molecule has 27 heavy (non-hydrogen) atoms. The van der Waals surface area contributed by atoms with Crippen molar-refractivity contribution in [1.82, 2.24) is 4.98 Å². The lowest BCUT2D eigenvalue weighted by molar-refractivity contribution is -0.137. The lowest BCUT2D eigenvalue weighted by atomic mass is 10.2. The minimum atomic E-state index is -4.61. The first-order chi connectivity index (χ1) is 12.6. The highest BCUT2D eigenvalue weighted by Crippen LogP contribution is 2.32. The number of alkyl halides is 3. The summed E-state index contributed by atoms with van der Waals surface area (Å²) in [6, 6.07) is 5.23. The fraction of sp³-hybridized carbons (Fsp3) is 0.188. The van der Waals surface area contributed by atoms with Crippen LogP contribution in [0.15, 0.2) is 34.9 Å². The number of benzene rings is 1. The molecule has 0 aliphatic heterocycles. The predicted molar refractivity (Wildman–Crippen MR) is 93.9 cm³/mol. The lowest BCUT2D eigenvalue weighted by Gasteiger charge is -2.11. The summed E-state index contributed by atoms with van der Waals surface area (Å²) in [7, 11) is 1.42. The SMILES string of the molecule is COc1ccc(Br)c(C(=O)OCC(=O)Nc2ncc(C(F)(F)F)cc2Cl)c1. The van der Waals surface area contributed by atoms with Crippen molar-refractivity contribution in [2.24, 2.45) is 0 Å². The van der Waals surface area contributed by atoms with Gasteiger partial charge in [-0.1, -0.05) is 11.6 Å². The van der Waals surface area contributed by atoms with Crippen LogP contribution in [0.4, 0.5) is 19.0 Å². The van der Waals surface area contributed by atoms with E-state index in [9.17, 15) is 22.8 Å². The Balaban J connectivity index is 1.99. The second kappa shape index (κ2) is 8.57. The number of methoxy groups -OCH3 is 1. The van der Waals surface area contributed by atoms with Crippen LogP contribution >= 0.6 is 27.5 Å². The Labute approximate surface area is 164 Å². The molecule has 2 aromatic rings. The van der Waals surface area contributed by atoms with Crippen LogP contribution in [0.2, 0.25) is 5.02 Å². The number of nitrogens with zero attached hydrogens (tertiary/aromatic N) is 1. The minimum absolute atomic E-state index is 0.132. The number of amides is 1. The molecule has 0 aliphatic rings. The predicted octanol–water partition coefficient (Wildman–Crippen LogP) is 4.32. The van der Waals surface area contributed by atoms with Gasteiger partial charge in [-0.05, 0) is 40.2 Å². The normalized spacial score (nSPS) is 11.0. The average molecular weight is 468 g/mol. The van der Waals surface area contributed by atoms with E-state index in [1.807, 2.05) is 0 Å². The van der Waals surface area contributed by atoms with Crippen molar-refractivity contribution in [1.29, 1.82) is 0 Å². The molecule has 0 unspecified atom stereocenters. The standard InChI is InChI=1S/C16H11BrClF3N2O4/c1-26-9-2-3-11(17)10(5-9)15(25)27-7-13(24)23-14-12(18)4-8(6-22-14)16(19,20)21/h2-6H,7H2,1H3,(H,22,23,24). The van der Waals surface area contributed by atoms with Gasteiger partial charge >= 0.3 is 12.1 Å². The van der Waals surface area contributed by atoms with Crippen LogP contribution < -0.4 is 10.1 Å². The zero-order chi connectivity index (χ0) is 20.2. The number of carbonyl (C=O) groups excluding carboxylic acids is 2. The Morgan fingerprint density at radius 1 is 1.30 bits per heavy atom. The number of anilines is 1. The van der Waals surface area contributed by atoms with Gasteiger partial charge in [0.05, 0.1) is 23.3 Å². The summed E-state index contributed by atoms with van der Waals surface area (Å²) < 4.78 is 48.0. The maximum atomic E-state index is 12.6. The van der Waals surface area contributed by atoms with E-state index >= 15 is 0 Å². The number of hydrogen-bond acceptors (Lipinski definition) is 5. The molecule has 0 saturated heterocycles. The van der Waals surface area contributed by atoms with Crippen LogP contribution in [0.1, 0.15) is 15.9 Å². The largest absolute Gasteiger partial charge is 0.497 e. The van der Waals surface area contributed by atoms with Gasteiger partial charge in [0.1, 0.15) is 5.75 Å². The fourth-order valence-corrected chi connectivity index (χ4v) is 2.47. The molecule has 0 radical (unpaired) electrons.